The Hall–Kier alpha value is -2.12. The van der Waals surface area contributed by atoms with E-state index in [0.29, 0.717) is 18.9 Å². The number of nitrogens with one attached hydrogen (secondary N) is 2. The van der Waals surface area contributed by atoms with Crippen molar-refractivity contribution in [2.45, 2.75) is 13.1 Å². The van der Waals surface area contributed by atoms with E-state index < -0.39 is 0 Å². The van der Waals surface area contributed by atoms with Crippen molar-refractivity contribution in [2.75, 3.05) is 0 Å². The predicted octanol–water partition coefficient (Wildman–Crippen LogP) is 1.61. The number of H-pyrrole nitrogens is 1. The Morgan fingerprint density at radius 3 is 2.84 bits per heavy atom. The molecule has 3 rings (SSSR count). The second-order valence-electron chi connectivity index (χ2n) is 3.92. The van der Waals surface area contributed by atoms with E-state index in [1.807, 2.05) is 18.2 Å². The van der Waals surface area contributed by atoms with Crippen molar-refractivity contribution in [1.82, 2.24) is 30.9 Å². The van der Waals surface area contributed by atoms with Crippen LogP contribution in [-0.2, 0) is 13.1 Å². The van der Waals surface area contributed by atoms with E-state index in [0.717, 1.165) is 16.3 Å². The molecule has 0 amide bonds. The molecule has 2 N–H and O–H groups in total. The van der Waals surface area contributed by atoms with E-state index in [2.05, 4.69) is 48.4 Å². The van der Waals surface area contributed by atoms with Crippen LogP contribution in [0.25, 0.3) is 11.3 Å². The molecular formula is C12H12N6S. The Morgan fingerprint density at radius 1 is 1.16 bits per heavy atom. The minimum Gasteiger partial charge on any atom is -0.303 e. The van der Waals surface area contributed by atoms with E-state index in [-0.39, 0.29) is 0 Å². The highest BCUT2D eigenvalue weighted by Crippen LogP contribution is 2.21. The third-order valence-corrected chi connectivity index (χ3v) is 3.42. The van der Waals surface area contributed by atoms with Crippen LogP contribution in [0.3, 0.4) is 0 Å². The minimum atomic E-state index is 0.580. The van der Waals surface area contributed by atoms with Crippen LogP contribution in [-0.4, -0.2) is 25.6 Å². The van der Waals surface area contributed by atoms with Crippen LogP contribution in [0.5, 0.6) is 0 Å². The monoisotopic (exact) mass is 272 g/mol. The topological polar surface area (TPSA) is 79.4 Å². The maximum Gasteiger partial charge on any atom is 0.188 e. The van der Waals surface area contributed by atoms with Gasteiger partial charge in [-0.05, 0) is 0 Å². The molecule has 2 heterocycles. The SMILES string of the molecule is c1ccc(-c2csc(CNCc3nn[nH]n3)n2)cc1. The molecule has 0 saturated heterocycles. The molecule has 2 aromatic heterocycles. The molecule has 3 aromatic rings. The maximum absolute atomic E-state index is 4.59. The Morgan fingerprint density at radius 2 is 2.05 bits per heavy atom. The molecule has 0 radical (unpaired) electrons. The number of benzene rings is 1. The van der Waals surface area contributed by atoms with E-state index in [1.165, 1.54) is 0 Å². The lowest BCUT2D eigenvalue weighted by molar-refractivity contribution is 0.661. The summed E-state index contributed by atoms with van der Waals surface area (Å²) in [5.74, 6) is 0.653. The summed E-state index contributed by atoms with van der Waals surface area (Å²) in [6.07, 6.45) is 0. The van der Waals surface area contributed by atoms with Gasteiger partial charge in [-0.15, -0.1) is 21.5 Å². The molecule has 0 saturated carbocycles. The fraction of sp³-hybridized carbons (Fsp3) is 0.167. The van der Waals surface area contributed by atoms with Crippen molar-refractivity contribution >= 4 is 11.3 Å². The van der Waals surface area contributed by atoms with E-state index in [4.69, 9.17) is 0 Å². The normalized spacial score (nSPS) is 10.7. The minimum absolute atomic E-state index is 0.580. The Bertz CT molecular complexity index is 619. The largest absolute Gasteiger partial charge is 0.303 e. The van der Waals surface area contributed by atoms with Crippen molar-refractivity contribution in [3.05, 3.63) is 46.5 Å². The van der Waals surface area contributed by atoms with Crippen LogP contribution in [0.1, 0.15) is 10.8 Å². The molecule has 0 fully saturated rings. The molecule has 96 valence electrons. The fourth-order valence-electron chi connectivity index (χ4n) is 1.67. The molecule has 1 aromatic carbocycles. The van der Waals surface area contributed by atoms with Gasteiger partial charge in [0.25, 0.3) is 0 Å². The second-order valence-corrected chi connectivity index (χ2v) is 4.87. The van der Waals surface area contributed by atoms with Gasteiger partial charge in [0, 0.05) is 17.5 Å². The summed E-state index contributed by atoms with van der Waals surface area (Å²) in [4.78, 5) is 4.59. The summed E-state index contributed by atoms with van der Waals surface area (Å²) < 4.78 is 0. The number of aromatic nitrogens is 5. The van der Waals surface area contributed by atoms with Crippen LogP contribution in [0.2, 0.25) is 0 Å². The molecule has 6 nitrogen and oxygen atoms in total. The zero-order valence-corrected chi connectivity index (χ0v) is 10.9. The van der Waals surface area contributed by atoms with Gasteiger partial charge < -0.3 is 5.32 Å². The molecule has 19 heavy (non-hydrogen) atoms. The first-order valence-electron chi connectivity index (χ1n) is 5.85. The Balaban J connectivity index is 1.59. The van der Waals surface area contributed by atoms with Gasteiger partial charge in [0.15, 0.2) is 5.82 Å². The summed E-state index contributed by atoms with van der Waals surface area (Å²) in [6, 6.07) is 10.2. The van der Waals surface area contributed by atoms with Gasteiger partial charge in [0.05, 0.1) is 12.2 Å². The van der Waals surface area contributed by atoms with Crippen molar-refractivity contribution in [3.8, 4) is 11.3 Å². The summed E-state index contributed by atoms with van der Waals surface area (Å²) in [5.41, 5.74) is 2.16. The van der Waals surface area contributed by atoms with Gasteiger partial charge in [0.2, 0.25) is 0 Å². The molecular weight excluding hydrogens is 260 g/mol. The molecule has 0 bridgehead atoms. The third-order valence-electron chi connectivity index (χ3n) is 2.57. The standard InChI is InChI=1S/C12H12N6S/c1-2-4-9(5-3-1)10-8-19-12(14-10)7-13-6-11-15-17-18-16-11/h1-5,8,13H,6-7H2,(H,15,16,17,18). The second kappa shape index (κ2) is 5.68. The number of hydrogen-bond donors (Lipinski definition) is 2. The first-order chi connectivity index (χ1) is 9.42. The van der Waals surface area contributed by atoms with Crippen LogP contribution < -0.4 is 5.32 Å². The first-order valence-corrected chi connectivity index (χ1v) is 6.72. The van der Waals surface area contributed by atoms with Crippen molar-refractivity contribution < 1.29 is 0 Å². The lowest BCUT2D eigenvalue weighted by atomic mass is 10.2. The number of aromatic amines is 1. The van der Waals surface area contributed by atoms with Crippen LogP contribution in [0.4, 0.5) is 0 Å². The number of thiazole rings is 1. The number of rotatable bonds is 5. The summed E-state index contributed by atoms with van der Waals surface area (Å²) in [7, 11) is 0. The highest BCUT2D eigenvalue weighted by Gasteiger charge is 2.04. The van der Waals surface area contributed by atoms with E-state index in [1.54, 1.807) is 11.3 Å². The van der Waals surface area contributed by atoms with Gasteiger partial charge in [-0.2, -0.15) is 5.21 Å². The van der Waals surface area contributed by atoms with Crippen molar-refractivity contribution in [3.63, 3.8) is 0 Å². The average Bonchev–Trinajstić information content (AvgIpc) is 3.11. The van der Waals surface area contributed by atoms with Crippen LogP contribution >= 0.6 is 11.3 Å². The molecule has 0 atom stereocenters. The quantitative estimate of drug-likeness (QED) is 0.737. The van der Waals surface area contributed by atoms with Gasteiger partial charge in [-0.1, -0.05) is 35.5 Å². The molecule has 0 aliphatic carbocycles. The number of hydrogen-bond acceptors (Lipinski definition) is 6. The molecule has 0 aliphatic heterocycles. The van der Waals surface area contributed by atoms with Gasteiger partial charge in [-0.25, -0.2) is 4.98 Å². The third kappa shape index (κ3) is 3.01. The highest BCUT2D eigenvalue weighted by atomic mass is 32.1. The lowest BCUT2D eigenvalue weighted by Gasteiger charge is -1.97. The molecule has 0 spiro atoms. The van der Waals surface area contributed by atoms with Gasteiger partial charge in [0.1, 0.15) is 5.01 Å². The lowest BCUT2D eigenvalue weighted by Crippen LogP contribution is -2.13. The number of tetrazole rings is 1. The van der Waals surface area contributed by atoms with Crippen molar-refractivity contribution in [1.29, 1.82) is 0 Å². The maximum atomic E-state index is 4.59. The van der Waals surface area contributed by atoms with E-state index in [9.17, 15) is 0 Å². The summed E-state index contributed by atoms with van der Waals surface area (Å²) in [5, 5.41) is 20.0. The van der Waals surface area contributed by atoms with Crippen molar-refractivity contribution in [2.24, 2.45) is 0 Å². The molecule has 0 unspecified atom stereocenters. The van der Waals surface area contributed by atoms with Gasteiger partial charge >= 0.3 is 0 Å². The Kier molecular flexibility index (Phi) is 3.57. The predicted molar refractivity (Wildman–Crippen MR) is 72.3 cm³/mol. The average molecular weight is 272 g/mol. The Labute approximate surface area is 113 Å². The van der Waals surface area contributed by atoms with Crippen LogP contribution in [0, 0.1) is 0 Å². The smallest absolute Gasteiger partial charge is 0.188 e. The van der Waals surface area contributed by atoms with E-state index >= 15 is 0 Å². The van der Waals surface area contributed by atoms with Gasteiger partial charge in [-0.3, -0.25) is 0 Å². The first kappa shape index (κ1) is 11.9. The summed E-state index contributed by atoms with van der Waals surface area (Å²) >= 11 is 1.64. The number of nitrogens with zero attached hydrogens (tertiary/aromatic N) is 4. The zero-order chi connectivity index (χ0) is 12.9. The fourth-order valence-corrected chi connectivity index (χ4v) is 2.45. The molecule has 7 heteroatoms. The zero-order valence-electron chi connectivity index (χ0n) is 10.1. The summed E-state index contributed by atoms with van der Waals surface area (Å²) in [6.45, 7) is 1.28. The highest BCUT2D eigenvalue weighted by molar-refractivity contribution is 7.09. The van der Waals surface area contributed by atoms with Crippen LogP contribution in [0.15, 0.2) is 35.7 Å². The molecule has 0 aliphatic rings.